The Kier molecular flexibility index (Phi) is 4.93. The number of pyridine rings is 2. The number of nitrogens with zero attached hydrogens (tertiary/aromatic N) is 2. The molecule has 28 heavy (non-hydrogen) atoms. The van der Waals surface area contributed by atoms with Crippen molar-refractivity contribution in [2.24, 2.45) is 0 Å². The molecule has 138 valence electrons. The van der Waals surface area contributed by atoms with Gasteiger partial charge in [-0.15, -0.1) is 0 Å². The number of halogens is 1. The van der Waals surface area contributed by atoms with E-state index in [1.54, 1.807) is 30.6 Å². The summed E-state index contributed by atoms with van der Waals surface area (Å²) in [5.41, 5.74) is 3.44. The lowest BCUT2D eigenvalue weighted by atomic mass is 10.1. The second-order valence-electron chi connectivity index (χ2n) is 6.28. The van der Waals surface area contributed by atoms with E-state index in [2.05, 4.69) is 20.6 Å². The third kappa shape index (κ3) is 3.96. The smallest absolute Gasteiger partial charge is 0.257 e. The van der Waals surface area contributed by atoms with E-state index in [1.807, 2.05) is 30.3 Å². The maximum absolute atomic E-state index is 13.0. The van der Waals surface area contributed by atoms with E-state index in [-0.39, 0.29) is 11.7 Å². The SMILES string of the molecule is O=C(Nc1cccc2cccnc12)c1cncc(NCc2ccc(F)cc2)c1. The Hall–Kier alpha value is -3.80. The fourth-order valence-corrected chi connectivity index (χ4v) is 2.87. The Bertz CT molecular complexity index is 1120. The first-order chi connectivity index (χ1) is 13.7. The van der Waals surface area contributed by atoms with Crippen LogP contribution in [0.2, 0.25) is 0 Å². The van der Waals surface area contributed by atoms with Gasteiger partial charge >= 0.3 is 0 Å². The molecule has 4 rings (SSSR count). The summed E-state index contributed by atoms with van der Waals surface area (Å²) in [4.78, 5) is 21.2. The van der Waals surface area contributed by atoms with Crippen LogP contribution in [0.15, 0.2) is 79.3 Å². The molecule has 5 nitrogen and oxygen atoms in total. The van der Waals surface area contributed by atoms with Crippen LogP contribution in [0.25, 0.3) is 10.9 Å². The molecule has 0 fully saturated rings. The summed E-state index contributed by atoms with van der Waals surface area (Å²) in [7, 11) is 0. The average molecular weight is 372 g/mol. The van der Waals surface area contributed by atoms with Gasteiger partial charge in [0.1, 0.15) is 5.82 Å². The minimum Gasteiger partial charge on any atom is -0.380 e. The second kappa shape index (κ2) is 7.84. The number of nitrogens with one attached hydrogen (secondary N) is 2. The molecule has 2 heterocycles. The molecule has 1 amide bonds. The van der Waals surface area contributed by atoms with Gasteiger partial charge in [0.2, 0.25) is 0 Å². The summed E-state index contributed by atoms with van der Waals surface area (Å²) in [5.74, 6) is -0.539. The highest BCUT2D eigenvalue weighted by atomic mass is 19.1. The number of hydrogen-bond acceptors (Lipinski definition) is 4. The highest BCUT2D eigenvalue weighted by molar-refractivity contribution is 6.08. The highest BCUT2D eigenvalue weighted by Crippen LogP contribution is 2.21. The van der Waals surface area contributed by atoms with Gasteiger partial charge in [-0.2, -0.15) is 0 Å². The van der Waals surface area contributed by atoms with Gasteiger partial charge in [0, 0.05) is 30.5 Å². The molecule has 0 unspecified atom stereocenters. The summed E-state index contributed by atoms with van der Waals surface area (Å²) in [5, 5.41) is 7.04. The largest absolute Gasteiger partial charge is 0.380 e. The predicted molar refractivity (Wildman–Crippen MR) is 108 cm³/mol. The van der Waals surface area contributed by atoms with E-state index in [1.165, 1.54) is 18.3 Å². The van der Waals surface area contributed by atoms with Crippen molar-refractivity contribution >= 4 is 28.2 Å². The van der Waals surface area contributed by atoms with Crippen molar-refractivity contribution in [3.8, 4) is 0 Å². The first kappa shape index (κ1) is 17.6. The molecule has 0 radical (unpaired) electrons. The fourth-order valence-electron chi connectivity index (χ4n) is 2.87. The molecule has 0 bridgehead atoms. The minimum absolute atomic E-state index is 0.268. The molecule has 4 aromatic rings. The van der Waals surface area contributed by atoms with E-state index in [9.17, 15) is 9.18 Å². The van der Waals surface area contributed by atoms with E-state index in [4.69, 9.17) is 0 Å². The third-order valence-electron chi connectivity index (χ3n) is 4.29. The van der Waals surface area contributed by atoms with Crippen LogP contribution in [0, 0.1) is 5.82 Å². The van der Waals surface area contributed by atoms with Crippen molar-refractivity contribution in [3.63, 3.8) is 0 Å². The number of fused-ring (bicyclic) bond motifs is 1. The molecular formula is C22H17FN4O. The maximum Gasteiger partial charge on any atom is 0.257 e. The van der Waals surface area contributed by atoms with E-state index in [0.717, 1.165) is 16.5 Å². The third-order valence-corrected chi connectivity index (χ3v) is 4.29. The van der Waals surface area contributed by atoms with E-state index in [0.29, 0.717) is 23.5 Å². The number of rotatable bonds is 5. The molecule has 2 aromatic heterocycles. The van der Waals surface area contributed by atoms with Gasteiger partial charge in [-0.05, 0) is 35.9 Å². The van der Waals surface area contributed by atoms with Crippen molar-refractivity contribution in [2.75, 3.05) is 10.6 Å². The van der Waals surface area contributed by atoms with Gasteiger partial charge in [-0.3, -0.25) is 14.8 Å². The van der Waals surface area contributed by atoms with Crippen LogP contribution >= 0.6 is 0 Å². The molecule has 0 saturated heterocycles. The molecule has 0 aliphatic heterocycles. The zero-order valence-electron chi connectivity index (χ0n) is 14.9. The predicted octanol–water partition coefficient (Wildman–Crippen LogP) is 4.63. The number of carbonyl (C=O) groups is 1. The second-order valence-corrected chi connectivity index (χ2v) is 6.28. The lowest BCUT2D eigenvalue weighted by molar-refractivity contribution is 0.102. The van der Waals surface area contributed by atoms with Crippen molar-refractivity contribution < 1.29 is 9.18 Å². The van der Waals surface area contributed by atoms with Crippen molar-refractivity contribution in [1.29, 1.82) is 0 Å². The quantitative estimate of drug-likeness (QED) is 0.536. The first-order valence-corrected chi connectivity index (χ1v) is 8.77. The number of anilines is 2. The van der Waals surface area contributed by atoms with Crippen molar-refractivity contribution in [1.82, 2.24) is 9.97 Å². The zero-order valence-corrected chi connectivity index (χ0v) is 14.9. The van der Waals surface area contributed by atoms with Crippen LogP contribution in [-0.4, -0.2) is 15.9 Å². The summed E-state index contributed by atoms with van der Waals surface area (Å²) >= 11 is 0. The maximum atomic E-state index is 13.0. The fraction of sp³-hybridized carbons (Fsp3) is 0.0455. The summed E-state index contributed by atoms with van der Waals surface area (Å²) in [6.07, 6.45) is 4.84. The number of carbonyl (C=O) groups excluding carboxylic acids is 1. The van der Waals surface area contributed by atoms with Gasteiger partial charge in [0.05, 0.1) is 22.5 Å². The van der Waals surface area contributed by atoms with Gasteiger partial charge in [-0.1, -0.05) is 30.3 Å². The van der Waals surface area contributed by atoms with E-state index >= 15 is 0 Å². The van der Waals surface area contributed by atoms with Crippen LogP contribution < -0.4 is 10.6 Å². The summed E-state index contributed by atoms with van der Waals surface area (Å²) < 4.78 is 13.0. The summed E-state index contributed by atoms with van der Waals surface area (Å²) in [6, 6.07) is 17.4. The molecule has 2 aromatic carbocycles. The number of hydrogen-bond donors (Lipinski definition) is 2. The zero-order chi connectivity index (χ0) is 19.3. The Balaban J connectivity index is 1.48. The number of para-hydroxylation sites is 1. The average Bonchev–Trinajstić information content (AvgIpc) is 2.74. The number of benzene rings is 2. The van der Waals surface area contributed by atoms with Crippen LogP contribution in [0.4, 0.5) is 15.8 Å². The van der Waals surface area contributed by atoms with E-state index < -0.39 is 0 Å². The Morgan fingerprint density at radius 2 is 1.82 bits per heavy atom. The monoisotopic (exact) mass is 372 g/mol. The number of amides is 1. The lowest BCUT2D eigenvalue weighted by Gasteiger charge is -2.10. The van der Waals surface area contributed by atoms with Gasteiger partial charge < -0.3 is 10.6 Å². The van der Waals surface area contributed by atoms with Crippen LogP contribution in [-0.2, 0) is 6.54 Å². The lowest BCUT2D eigenvalue weighted by Crippen LogP contribution is -2.13. The standard InChI is InChI=1S/C22H17FN4O/c23-18-8-6-15(7-9-18)12-26-19-11-17(13-24-14-19)22(28)27-20-5-1-3-16-4-2-10-25-21(16)20/h1-11,13-14,26H,12H2,(H,27,28). The van der Waals surface area contributed by atoms with Crippen molar-refractivity contribution in [3.05, 3.63) is 96.2 Å². The molecule has 0 aliphatic carbocycles. The Morgan fingerprint density at radius 1 is 1.00 bits per heavy atom. The van der Waals surface area contributed by atoms with Crippen LogP contribution in [0.1, 0.15) is 15.9 Å². The topological polar surface area (TPSA) is 66.9 Å². The molecule has 2 N–H and O–H groups in total. The number of aromatic nitrogens is 2. The molecule has 0 saturated carbocycles. The van der Waals surface area contributed by atoms with Crippen LogP contribution in [0.3, 0.4) is 0 Å². The minimum atomic E-state index is -0.271. The summed E-state index contributed by atoms with van der Waals surface area (Å²) in [6.45, 7) is 0.500. The Morgan fingerprint density at radius 3 is 2.68 bits per heavy atom. The molecule has 0 atom stereocenters. The molecular weight excluding hydrogens is 355 g/mol. The molecule has 0 aliphatic rings. The van der Waals surface area contributed by atoms with Gasteiger partial charge in [0.15, 0.2) is 0 Å². The van der Waals surface area contributed by atoms with Crippen LogP contribution in [0.5, 0.6) is 0 Å². The van der Waals surface area contributed by atoms with Crippen molar-refractivity contribution in [2.45, 2.75) is 6.54 Å². The van der Waals surface area contributed by atoms with Gasteiger partial charge in [0.25, 0.3) is 5.91 Å². The molecule has 6 heteroatoms. The molecule has 0 spiro atoms. The Labute approximate surface area is 161 Å². The normalized spacial score (nSPS) is 10.6. The first-order valence-electron chi connectivity index (χ1n) is 8.77. The van der Waals surface area contributed by atoms with Gasteiger partial charge in [-0.25, -0.2) is 4.39 Å². The highest BCUT2D eigenvalue weighted by Gasteiger charge is 2.10.